The number of piperidine rings is 1. The molecule has 0 radical (unpaired) electrons. The van der Waals surface area contributed by atoms with E-state index in [0.717, 1.165) is 26.1 Å². The van der Waals surface area contributed by atoms with E-state index in [1.165, 1.54) is 0 Å². The van der Waals surface area contributed by atoms with Gasteiger partial charge in [0.25, 0.3) is 0 Å². The summed E-state index contributed by atoms with van der Waals surface area (Å²) in [7, 11) is 0. The van der Waals surface area contributed by atoms with Crippen molar-refractivity contribution in [2.75, 3.05) is 41.4 Å². The third-order valence-corrected chi connectivity index (χ3v) is 3.99. The second kappa shape index (κ2) is 6.86. The summed E-state index contributed by atoms with van der Waals surface area (Å²) in [6.45, 7) is 9.14. The molecule has 0 saturated carbocycles. The SMILES string of the molecule is CCN(CC)c1nc(NN)nc(N2CCC(C)C(O)C2)n1. The summed E-state index contributed by atoms with van der Waals surface area (Å²) >= 11 is 0. The number of aliphatic hydroxyl groups is 1. The van der Waals surface area contributed by atoms with Crippen molar-refractivity contribution in [3.8, 4) is 0 Å². The molecule has 1 fully saturated rings. The summed E-state index contributed by atoms with van der Waals surface area (Å²) in [5.74, 6) is 7.27. The lowest BCUT2D eigenvalue weighted by Gasteiger charge is -2.34. The van der Waals surface area contributed by atoms with Gasteiger partial charge in [-0.2, -0.15) is 15.0 Å². The highest BCUT2D eigenvalue weighted by molar-refractivity contribution is 5.45. The lowest BCUT2D eigenvalue weighted by atomic mass is 9.96. The van der Waals surface area contributed by atoms with Gasteiger partial charge in [0, 0.05) is 26.2 Å². The fourth-order valence-electron chi connectivity index (χ4n) is 2.44. The number of hydrogen-bond acceptors (Lipinski definition) is 8. The Hall–Kier alpha value is -1.67. The maximum Gasteiger partial charge on any atom is 0.243 e. The Morgan fingerprint density at radius 1 is 1.33 bits per heavy atom. The molecule has 2 heterocycles. The number of aromatic nitrogens is 3. The van der Waals surface area contributed by atoms with Crippen molar-refractivity contribution < 1.29 is 5.11 Å². The zero-order valence-electron chi connectivity index (χ0n) is 13.0. The second-order valence-corrected chi connectivity index (χ2v) is 5.35. The molecule has 1 aliphatic rings. The number of rotatable bonds is 5. The van der Waals surface area contributed by atoms with E-state index in [1.807, 2.05) is 9.80 Å². The summed E-state index contributed by atoms with van der Waals surface area (Å²) in [6.07, 6.45) is 0.556. The molecule has 0 amide bonds. The number of nitrogens with one attached hydrogen (secondary N) is 1. The van der Waals surface area contributed by atoms with Crippen molar-refractivity contribution in [3.63, 3.8) is 0 Å². The smallest absolute Gasteiger partial charge is 0.243 e. The minimum absolute atomic E-state index is 0.303. The van der Waals surface area contributed by atoms with Gasteiger partial charge in [-0.3, -0.25) is 5.43 Å². The summed E-state index contributed by atoms with van der Waals surface area (Å²) in [6, 6.07) is 0. The molecule has 0 aromatic carbocycles. The first kappa shape index (κ1) is 15.7. The Labute approximate surface area is 125 Å². The zero-order valence-corrected chi connectivity index (χ0v) is 13.0. The summed E-state index contributed by atoms with van der Waals surface area (Å²) in [4.78, 5) is 17.2. The van der Waals surface area contributed by atoms with Crippen LogP contribution in [0.3, 0.4) is 0 Å². The molecule has 1 saturated heterocycles. The molecule has 0 spiro atoms. The fraction of sp³-hybridized carbons (Fsp3) is 0.769. The number of nitrogens with two attached hydrogens (primary N) is 1. The van der Waals surface area contributed by atoms with Crippen molar-refractivity contribution in [1.29, 1.82) is 0 Å². The van der Waals surface area contributed by atoms with Crippen molar-refractivity contribution in [2.45, 2.75) is 33.3 Å². The average Bonchev–Trinajstić information content (AvgIpc) is 2.51. The third-order valence-electron chi connectivity index (χ3n) is 3.99. The average molecular weight is 295 g/mol. The number of nitrogens with zero attached hydrogens (tertiary/aromatic N) is 5. The van der Waals surface area contributed by atoms with E-state index < -0.39 is 0 Å². The van der Waals surface area contributed by atoms with E-state index in [4.69, 9.17) is 5.84 Å². The molecule has 8 nitrogen and oxygen atoms in total. The van der Waals surface area contributed by atoms with Crippen LogP contribution in [0.15, 0.2) is 0 Å². The van der Waals surface area contributed by atoms with E-state index in [2.05, 4.69) is 41.1 Å². The Morgan fingerprint density at radius 2 is 2.05 bits per heavy atom. The first-order chi connectivity index (χ1) is 10.1. The van der Waals surface area contributed by atoms with Crippen LogP contribution in [0.2, 0.25) is 0 Å². The second-order valence-electron chi connectivity index (χ2n) is 5.35. The molecule has 2 rings (SSSR count). The van der Waals surface area contributed by atoms with Crippen LogP contribution in [0.5, 0.6) is 0 Å². The number of aliphatic hydroxyl groups excluding tert-OH is 1. The van der Waals surface area contributed by atoms with E-state index in [9.17, 15) is 5.11 Å². The summed E-state index contributed by atoms with van der Waals surface area (Å²) < 4.78 is 0. The molecule has 1 aromatic rings. The third kappa shape index (κ3) is 3.51. The van der Waals surface area contributed by atoms with Crippen LogP contribution in [0.4, 0.5) is 17.8 Å². The molecule has 118 valence electrons. The monoisotopic (exact) mass is 295 g/mol. The predicted octanol–water partition coefficient (Wildman–Crippen LogP) is 0.211. The molecule has 8 heteroatoms. The Bertz CT molecular complexity index is 466. The molecule has 0 aliphatic carbocycles. The number of hydrogen-bond donors (Lipinski definition) is 3. The maximum atomic E-state index is 10.0. The maximum absolute atomic E-state index is 10.0. The van der Waals surface area contributed by atoms with Crippen LogP contribution < -0.4 is 21.1 Å². The zero-order chi connectivity index (χ0) is 15.4. The van der Waals surface area contributed by atoms with Crippen molar-refractivity contribution in [2.24, 2.45) is 11.8 Å². The van der Waals surface area contributed by atoms with Gasteiger partial charge in [0.15, 0.2) is 0 Å². The molecule has 2 atom stereocenters. The van der Waals surface area contributed by atoms with E-state index in [1.54, 1.807) is 0 Å². The van der Waals surface area contributed by atoms with Crippen LogP contribution in [0.25, 0.3) is 0 Å². The number of nitrogen functional groups attached to an aromatic ring is 1. The van der Waals surface area contributed by atoms with Gasteiger partial charge < -0.3 is 14.9 Å². The topological polar surface area (TPSA) is 103 Å². The van der Waals surface area contributed by atoms with Crippen LogP contribution in [-0.2, 0) is 0 Å². The standard InChI is InChI=1S/C13H25N7O/c1-4-19(5-2)12-15-11(18-14)16-13(17-12)20-7-6-9(3)10(21)8-20/h9-10,21H,4-8,14H2,1-3H3,(H,15,16,17,18). The van der Waals surface area contributed by atoms with Crippen molar-refractivity contribution in [1.82, 2.24) is 15.0 Å². The first-order valence-corrected chi connectivity index (χ1v) is 7.49. The van der Waals surface area contributed by atoms with Gasteiger partial charge in [0.2, 0.25) is 17.8 Å². The fourth-order valence-corrected chi connectivity index (χ4v) is 2.44. The van der Waals surface area contributed by atoms with Gasteiger partial charge in [-0.05, 0) is 26.2 Å². The normalized spacial score (nSPS) is 22.2. The van der Waals surface area contributed by atoms with E-state index in [0.29, 0.717) is 30.3 Å². The number of anilines is 3. The molecular weight excluding hydrogens is 270 g/mol. The summed E-state index contributed by atoms with van der Waals surface area (Å²) in [5, 5.41) is 10.0. The van der Waals surface area contributed by atoms with Gasteiger partial charge in [-0.15, -0.1) is 0 Å². The van der Waals surface area contributed by atoms with Gasteiger partial charge in [0.05, 0.1) is 6.10 Å². The van der Waals surface area contributed by atoms with E-state index >= 15 is 0 Å². The van der Waals surface area contributed by atoms with Crippen molar-refractivity contribution in [3.05, 3.63) is 0 Å². The van der Waals surface area contributed by atoms with Gasteiger partial charge in [-0.1, -0.05) is 6.92 Å². The number of β-amino-alcohol motifs (C(OH)–C–C–N with tert-alkyl or cyclic N) is 1. The lowest BCUT2D eigenvalue weighted by molar-refractivity contribution is 0.102. The minimum Gasteiger partial charge on any atom is -0.391 e. The van der Waals surface area contributed by atoms with Crippen molar-refractivity contribution >= 4 is 17.8 Å². The first-order valence-electron chi connectivity index (χ1n) is 7.49. The summed E-state index contributed by atoms with van der Waals surface area (Å²) in [5.41, 5.74) is 2.49. The van der Waals surface area contributed by atoms with Crippen LogP contribution >= 0.6 is 0 Å². The van der Waals surface area contributed by atoms with Crippen LogP contribution in [0, 0.1) is 5.92 Å². The lowest BCUT2D eigenvalue weighted by Crippen LogP contribution is -2.44. The van der Waals surface area contributed by atoms with Gasteiger partial charge in [-0.25, -0.2) is 5.84 Å². The van der Waals surface area contributed by atoms with Crippen LogP contribution in [-0.4, -0.2) is 52.3 Å². The quantitative estimate of drug-likeness (QED) is 0.523. The van der Waals surface area contributed by atoms with Gasteiger partial charge >= 0.3 is 0 Å². The molecular formula is C13H25N7O. The molecule has 0 bridgehead atoms. The molecule has 21 heavy (non-hydrogen) atoms. The highest BCUT2D eigenvalue weighted by Crippen LogP contribution is 2.22. The Morgan fingerprint density at radius 3 is 2.62 bits per heavy atom. The Kier molecular flexibility index (Phi) is 5.13. The van der Waals surface area contributed by atoms with E-state index in [-0.39, 0.29) is 6.10 Å². The van der Waals surface area contributed by atoms with Gasteiger partial charge in [0.1, 0.15) is 0 Å². The Balaban J connectivity index is 2.28. The minimum atomic E-state index is -0.360. The molecule has 1 aromatic heterocycles. The molecule has 4 N–H and O–H groups in total. The van der Waals surface area contributed by atoms with Crippen LogP contribution in [0.1, 0.15) is 27.2 Å². The largest absolute Gasteiger partial charge is 0.391 e. The highest BCUT2D eigenvalue weighted by Gasteiger charge is 2.26. The molecule has 1 aliphatic heterocycles. The highest BCUT2D eigenvalue weighted by atomic mass is 16.3. The number of hydrazine groups is 1. The molecule has 2 unspecified atom stereocenters. The predicted molar refractivity (Wildman–Crippen MR) is 83.2 cm³/mol.